The van der Waals surface area contributed by atoms with Crippen molar-refractivity contribution in [2.75, 3.05) is 18.4 Å². The number of aromatic nitrogens is 2. The standard InChI is InChI=1S/C19H16F6N4O2/c1-10(20)17(30)29-7-15(28-18-26-5-12(21)6-27-18)16(8-29)31-9-11-2-3-13(14(22)4-11)19(23,24)25/h2-6,15-16H,1,7-9H2,(H,26,27,28)/t15-,16-/m1/s1. The van der Waals surface area contributed by atoms with Gasteiger partial charge in [-0.3, -0.25) is 4.79 Å². The molecule has 1 fully saturated rings. The van der Waals surface area contributed by atoms with E-state index in [-0.39, 0.29) is 31.2 Å². The van der Waals surface area contributed by atoms with Crippen LogP contribution in [-0.2, 0) is 22.3 Å². The SMILES string of the molecule is C=C(F)C(=O)N1C[C@@H](Nc2ncc(F)cn2)[C@H](OCc2ccc(C(F)(F)F)c(F)c2)C1. The second kappa shape index (κ2) is 8.92. The summed E-state index contributed by atoms with van der Waals surface area (Å²) in [7, 11) is 0. The summed E-state index contributed by atoms with van der Waals surface area (Å²) in [5.74, 6) is -4.23. The van der Waals surface area contributed by atoms with Gasteiger partial charge in [0.25, 0.3) is 5.91 Å². The van der Waals surface area contributed by atoms with E-state index >= 15 is 0 Å². The Hall–Kier alpha value is -3.15. The number of hydrogen-bond donors (Lipinski definition) is 1. The molecule has 0 radical (unpaired) electrons. The molecule has 166 valence electrons. The summed E-state index contributed by atoms with van der Waals surface area (Å²) in [5.41, 5.74) is -1.27. The topological polar surface area (TPSA) is 67.4 Å². The average Bonchev–Trinajstić information content (AvgIpc) is 3.09. The molecule has 1 aromatic carbocycles. The number of likely N-dealkylation sites (tertiary alicyclic amines) is 1. The lowest BCUT2D eigenvalue weighted by atomic mass is 10.1. The fraction of sp³-hybridized carbons (Fsp3) is 0.316. The van der Waals surface area contributed by atoms with Gasteiger partial charge in [0, 0.05) is 13.1 Å². The fourth-order valence-electron chi connectivity index (χ4n) is 3.05. The van der Waals surface area contributed by atoms with Gasteiger partial charge >= 0.3 is 6.18 Å². The first-order valence-electron chi connectivity index (χ1n) is 8.89. The van der Waals surface area contributed by atoms with E-state index in [1.54, 1.807) is 0 Å². The van der Waals surface area contributed by atoms with Crippen LogP contribution in [0.2, 0.25) is 0 Å². The number of amides is 1. The van der Waals surface area contributed by atoms with Gasteiger partial charge in [0.2, 0.25) is 5.95 Å². The number of nitrogens with zero attached hydrogens (tertiary/aromatic N) is 3. The maximum Gasteiger partial charge on any atom is 0.419 e. The molecule has 2 aromatic rings. The lowest BCUT2D eigenvalue weighted by Crippen LogP contribution is -2.35. The lowest BCUT2D eigenvalue weighted by molar-refractivity contribution is -0.140. The molecule has 1 aliphatic rings. The molecule has 0 aliphatic carbocycles. The maximum absolute atomic E-state index is 13.8. The predicted octanol–water partition coefficient (Wildman–Crippen LogP) is 3.46. The lowest BCUT2D eigenvalue weighted by Gasteiger charge is -2.20. The van der Waals surface area contributed by atoms with Crippen LogP contribution in [0.3, 0.4) is 0 Å². The molecule has 1 aliphatic heterocycles. The number of carbonyl (C=O) groups is 1. The minimum atomic E-state index is -4.82. The van der Waals surface area contributed by atoms with E-state index in [1.165, 1.54) is 0 Å². The highest BCUT2D eigenvalue weighted by atomic mass is 19.4. The first-order chi connectivity index (χ1) is 14.5. The Labute approximate surface area is 172 Å². The van der Waals surface area contributed by atoms with Crippen molar-refractivity contribution >= 4 is 11.9 Å². The zero-order valence-electron chi connectivity index (χ0n) is 15.8. The van der Waals surface area contributed by atoms with Crippen LogP contribution in [0.5, 0.6) is 0 Å². The van der Waals surface area contributed by atoms with E-state index in [0.29, 0.717) is 12.1 Å². The van der Waals surface area contributed by atoms with Crippen molar-refractivity contribution in [1.82, 2.24) is 14.9 Å². The van der Waals surface area contributed by atoms with Gasteiger partial charge in [-0.1, -0.05) is 12.6 Å². The highest BCUT2D eigenvalue weighted by Crippen LogP contribution is 2.32. The average molecular weight is 446 g/mol. The van der Waals surface area contributed by atoms with Crippen molar-refractivity contribution in [2.24, 2.45) is 0 Å². The molecule has 1 saturated heterocycles. The Morgan fingerprint density at radius 2 is 1.90 bits per heavy atom. The number of ether oxygens (including phenoxy) is 1. The Bertz CT molecular complexity index is 967. The third kappa shape index (κ3) is 5.51. The summed E-state index contributed by atoms with van der Waals surface area (Å²) in [4.78, 5) is 20.5. The second-order valence-corrected chi connectivity index (χ2v) is 6.75. The fourth-order valence-corrected chi connectivity index (χ4v) is 3.05. The molecule has 31 heavy (non-hydrogen) atoms. The maximum atomic E-state index is 13.8. The third-order valence-electron chi connectivity index (χ3n) is 4.52. The summed E-state index contributed by atoms with van der Waals surface area (Å²) in [5, 5.41) is 2.84. The largest absolute Gasteiger partial charge is 0.419 e. The van der Waals surface area contributed by atoms with Gasteiger partial charge in [-0.2, -0.15) is 13.2 Å². The third-order valence-corrected chi connectivity index (χ3v) is 4.52. The van der Waals surface area contributed by atoms with Crippen LogP contribution >= 0.6 is 0 Å². The van der Waals surface area contributed by atoms with Crippen molar-refractivity contribution < 1.29 is 35.9 Å². The number of rotatable bonds is 6. The molecule has 0 spiro atoms. The monoisotopic (exact) mass is 446 g/mol. The summed E-state index contributed by atoms with van der Waals surface area (Å²) in [6.45, 7) is 2.57. The van der Waals surface area contributed by atoms with Crippen molar-refractivity contribution in [3.05, 3.63) is 65.8 Å². The Morgan fingerprint density at radius 3 is 2.48 bits per heavy atom. The van der Waals surface area contributed by atoms with Gasteiger partial charge in [0.05, 0.1) is 36.7 Å². The first-order valence-corrected chi connectivity index (χ1v) is 8.89. The zero-order valence-corrected chi connectivity index (χ0v) is 15.8. The highest BCUT2D eigenvalue weighted by molar-refractivity contribution is 5.90. The molecule has 0 unspecified atom stereocenters. The van der Waals surface area contributed by atoms with E-state index in [0.717, 1.165) is 23.4 Å². The molecule has 1 aromatic heterocycles. The molecule has 12 heteroatoms. The van der Waals surface area contributed by atoms with Gasteiger partial charge < -0.3 is 15.0 Å². The molecular weight excluding hydrogens is 430 g/mol. The Morgan fingerprint density at radius 1 is 1.23 bits per heavy atom. The van der Waals surface area contributed by atoms with Crippen LogP contribution in [0.25, 0.3) is 0 Å². The number of halogens is 6. The molecule has 1 amide bonds. The van der Waals surface area contributed by atoms with Gasteiger partial charge in [-0.15, -0.1) is 0 Å². The Kier molecular flexibility index (Phi) is 6.48. The number of benzene rings is 1. The van der Waals surface area contributed by atoms with Gasteiger partial charge in [0.15, 0.2) is 11.6 Å². The smallest absolute Gasteiger partial charge is 0.369 e. The highest BCUT2D eigenvalue weighted by Gasteiger charge is 2.38. The van der Waals surface area contributed by atoms with E-state index in [9.17, 15) is 31.1 Å². The summed E-state index contributed by atoms with van der Waals surface area (Å²) in [6.07, 6.45) is -3.77. The van der Waals surface area contributed by atoms with E-state index in [1.807, 2.05) is 0 Å². The van der Waals surface area contributed by atoms with Gasteiger partial charge in [0.1, 0.15) is 5.82 Å². The number of anilines is 1. The summed E-state index contributed by atoms with van der Waals surface area (Å²) in [6, 6.07) is 1.72. The van der Waals surface area contributed by atoms with Crippen molar-refractivity contribution in [2.45, 2.75) is 24.9 Å². The summed E-state index contributed by atoms with van der Waals surface area (Å²) < 4.78 is 83.7. The van der Waals surface area contributed by atoms with Crippen LogP contribution < -0.4 is 5.32 Å². The molecule has 3 rings (SSSR count). The van der Waals surface area contributed by atoms with Crippen LogP contribution in [0.1, 0.15) is 11.1 Å². The van der Waals surface area contributed by atoms with Gasteiger partial charge in [-0.25, -0.2) is 23.1 Å². The normalized spacial score (nSPS) is 18.8. The van der Waals surface area contributed by atoms with Crippen LogP contribution in [0, 0.1) is 11.6 Å². The Balaban J connectivity index is 1.72. The minimum Gasteiger partial charge on any atom is -0.369 e. The molecule has 1 N–H and O–H groups in total. The van der Waals surface area contributed by atoms with E-state index in [2.05, 4.69) is 21.9 Å². The molecule has 2 atom stereocenters. The van der Waals surface area contributed by atoms with E-state index in [4.69, 9.17) is 4.74 Å². The molecular formula is C19H16F6N4O2. The zero-order chi connectivity index (χ0) is 22.8. The van der Waals surface area contributed by atoms with Crippen molar-refractivity contribution in [1.29, 1.82) is 0 Å². The number of carbonyl (C=O) groups excluding carboxylic acids is 1. The van der Waals surface area contributed by atoms with Crippen LogP contribution in [-0.4, -0.2) is 46.0 Å². The summed E-state index contributed by atoms with van der Waals surface area (Å²) >= 11 is 0. The minimum absolute atomic E-state index is 0.0222. The first kappa shape index (κ1) is 22.5. The number of alkyl halides is 3. The van der Waals surface area contributed by atoms with Gasteiger partial charge in [-0.05, 0) is 17.7 Å². The molecule has 0 bridgehead atoms. The predicted molar refractivity (Wildman–Crippen MR) is 96.2 cm³/mol. The molecule has 2 heterocycles. The quantitative estimate of drug-likeness (QED) is 0.544. The second-order valence-electron chi connectivity index (χ2n) is 6.75. The van der Waals surface area contributed by atoms with Crippen molar-refractivity contribution in [3.63, 3.8) is 0 Å². The number of hydrogen-bond acceptors (Lipinski definition) is 5. The van der Waals surface area contributed by atoms with Crippen LogP contribution in [0.4, 0.5) is 32.3 Å². The molecule has 0 saturated carbocycles. The van der Waals surface area contributed by atoms with Crippen molar-refractivity contribution in [3.8, 4) is 0 Å². The van der Waals surface area contributed by atoms with E-state index < -0.39 is 47.3 Å². The van der Waals surface area contributed by atoms with Crippen LogP contribution in [0.15, 0.2) is 43.0 Å². The molecule has 6 nitrogen and oxygen atoms in total. The number of nitrogens with one attached hydrogen (secondary N) is 1.